The Kier molecular flexibility index (Phi) is 3.80. The lowest BCUT2D eigenvalue weighted by molar-refractivity contribution is -0.0423. The highest BCUT2D eigenvalue weighted by Crippen LogP contribution is 2.25. The molecule has 0 atom stereocenters. The van der Waals surface area contributed by atoms with Crippen LogP contribution in [0.1, 0.15) is 5.56 Å². The minimum atomic E-state index is -5.25. The molecule has 0 aromatic heterocycles. The summed E-state index contributed by atoms with van der Waals surface area (Å²) in [6.07, 6.45) is 0.898. The monoisotopic (exact) mass is 314 g/mol. The number of hydrogen-bond donors (Lipinski definition) is 0. The summed E-state index contributed by atoms with van der Waals surface area (Å²) in [6.45, 7) is 0. The Morgan fingerprint density at radius 1 is 1.12 bits per heavy atom. The van der Waals surface area contributed by atoms with Crippen molar-refractivity contribution in [2.75, 3.05) is 0 Å². The Balaban J connectivity index is 2.94. The zero-order valence-corrected chi connectivity index (χ0v) is 10.1. The van der Waals surface area contributed by atoms with Gasteiger partial charge in [-0.15, -0.1) is 0 Å². The van der Waals surface area contributed by atoms with Crippen LogP contribution in [-0.4, -0.2) is 13.9 Å². The molecule has 1 rings (SSSR count). The fourth-order valence-electron chi connectivity index (χ4n) is 0.819. The minimum absolute atomic E-state index is 0.149. The van der Waals surface area contributed by atoms with Crippen LogP contribution in [0.5, 0.6) is 0 Å². The van der Waals surface area contributed by atoms with Gasteiger partial charge >= 0.3 is 5.51 Å². The van der Waals surface area contributed by atoms with Gasteiger partial charge in [0.1, 0.15) is 0 Å². The van der Waals surface area contributed by atoms with Crippen molar-refractivity contribution in [2.45, 2.75) is 5.51 Å². The molecule has 1 aromatic rings. The van der Waals surface area contributed by atoms with E-state index in [4.69, 9.17) is 0 Å². The van der Waals surface area contributed by atoms with Crippen molar-refractivity contribution < 1.29 is 21.6 Å². The Hall–Kier alpha value is -0.820. The summed E-state index contributed by atoms with van der Waals surface area (Å²) < 4.78 is 58.0. The molecular formula is C9H6BrF3O2S. The van der Waals surface area contributed by atoms with E-state index in [1.165, 1.54) is 12.1 Å². The normalized spacial score (nSPS) is 13.2. The molecule has 0 fully saturated rings. The van der Waals surface area contributed by atoms with Crippen molar-refractivity contribution in [1.29, 1.82) is 0 Å². The molecule has 0 spiro atoms. The molecule has 0 aliphatic heterocycles. The molecule has 0 bridgehead atoms. The Morgan fingerprint density at radius 3 is 2.06 bits per heavy atom. The molecule has 1 aromatic carbocycles. The quantitative estimate of drug-likeness (QED) is 0.839. The lowest BCUT2D eigenvalue weighted by Gasteiger charge is -2.02. The maximum atomic E-state index is 12.0. The largest absolute Gasteiger partial charge is 0.501 e. The van der Waals surface area contributed by atoms with Crippen LogP contribution in [0.3, 0.4) is 0 Å². The van der Waals surface area contributed by atoms with Gasteiger partial charge in [0.15, 0.2) is 0 Å². The number of halogens is 4. The van der Waals surface area contributed by atoms with Crippen molar-refractivity contribution >= 4 is 31.8 Å². The summed E-state index contributed by atoms with van der Waals surface area (Å²) in [6, 6.07) is 6.18. The highest BCUT2D eigenvalue weighted by Gasteiger charge is 2.43. The van der Waals surface area contributed by atoms with Crippen LogP contribution in [0.15, 0.2) is 34.1 Å². The van der Waals surface area contributed by atoms with E-state index in [2.05, 4.69) is 15.9 Å². The second kappa shape index (κ2) is 4.58. The van der Waals surface area contributed by atoms with E-state index in [0.29, 0.717) is 5.56 Å². The second-order valence-corrected chi connectivity index (χ2v) is 5.59. The van der Waals surface area contributed by atoms with E-state index in [1.54, 1.807) is 12.1 Å². The summed E-state index contributed by atoms with van der Waals surface area (Å²) in [4.78, 5) is 0. The number of benzene rings is 1. The van der Waals surface area contributed by atoms with Gasteiger partial charge in [0.2, 0.25) is 0 Å². The topological polar surface area (TPSA) is 34.1 Å². The molecule has 0 saturated heterocycles. The zero-order valence-electron chi connectivity index (χ0n) is 7.70. The number of alkyl halides is 3. The summed E-state index contributed by atoms with van der Waals surface area (Å²) in [5, 5.41) is 0.149. The first-order valence-electron chi connectivity index (χ1n) is 3.97. The van der Waals surface area contributed by atoms with E-state index in [0.717, 1.165) is 10.5 Å². The molecule has 0 aliphatic carbocycles. The van der Waals surface area contributed by atoms with Crippen molar-refractivity contribution in [3.63, 3.8) is 0 Å². The van der Waals surface area contributed by atoms with Crippen molar-refractivity contribution in [3.05, 3.63) is 39.7 Å². The molecule has 2 nitrogen and oxygen atoms in total. The molecule has 0 saturated carbocycles. The average molecular weight is 315 g/mol. The maximum absolute atomic E-state index is 12.0. The van der Waals surface area contributed by atoms with Crippen LogP contribution >= 0.6 is 15.9 Å². The lowest BCUT2D eigenvalue weighted by Crippen LogP contribution is -2.20. The van der Waals surface area contributed by atoms with E-state index < -0.39 is 15.3 Å². The third-order valence-electron chi connectivity index (χ3n) is 1.63. The molecular weight excluding hydrogens is 309 g/mol. The van der Waals surface area contributed by atoms with Crippen LogP contribution in [0.2, 0.25) is 0 Å². The first kappa shape index (κ1) is 13.2. The van der Waals surface area contributed by atoms with Gasteiger partial charge in [-0.3, -0.25) is 0 Å². The first-order valence-corrected chi connectivity index (χ1v) is 6.31. The predicted molar refractivity (Wildman–Crippen MR) is 58.2 cm³/mol. The smallest absolute Gasteiger partial charge is 0.215 e. The predicted octanol–water partition coefficient (Wildman–Crippen LogP) is 3.35. The summed E-state index contributed by atoms with van der Waals surface area (Å²) >= 11 is 3.15. The zero-order chi connectivity index (χ0) is 12.4. The Morgan fingerprint density at radius 2 is 1.62 bits per heavy atom. The Labute approximate surface area is 98.8 Å². The molecule has 7 heteroatoms. The van der Waals surface area contributed by atoms with Crippen LogP contribution in [0.4, 0.5) is 13.2 Å². The fraction of sp³-hybridized carbons (Fsp3) is 0.111. The maximum Gasteiger partial charge on any atom is 0.501 e. The van der Waals surface area contributed by atoms with E-state index in [-0.39, 0.29) is 5.41 Å². The SMILES string of the molecule is O=S(=O)(/C=C/c1ccc(Br)cc1)C(F)(F)F. The van der Waals surface area contributed by atoms with Gasteiger partial charge in [0.25, 0.3) is 9.84 Å². The molecule has 0 unspecified atom stereocenters. The first-order chi connectivity index (χ1) is 7.22. The third-order valence-corrected chi connectivity index (χ3v) is 3.30. The van der Waals surface area contributed by atoms with Gasteiger partial charge < -0.3 is 0 Å². The average Bonchev–Trinajstić information content (AvgIpc) is 2.15. The summed E-state index contributed by atoms with van der Waals surface area (Å²) in [5.74, 6) is 0. The number of rotatable bonds is 2. The molecule has 0 heterocycles. The van der Waals surface area contributed by atoms with Gasteiger partial charge in [-0.05, 0) is 23.8 Å². The fourth-order valence-corrected chi connectivity index (χ4v) is 1.57. The molecule has 0 radical (unpaired) electrons. The molecule has 88 valence electrons. The van der Waals surface area contributed by atoms with E-state index in [1.807, 2.05) is 0 Å². The molecule has 0 amide bonds. The van der Waals surface area contributed by atoms with Crippen LogP contribution in [0, 0.1) is 0 Å². The lowest BCUT2D eigenvalue weighted by atomic mass is 10.2. The highest BCUT2D eigenvalue weighted by atomic mass is 79.9. The minimum Gasteiger partial charge on any atom is -0.215 e. The second-order valence-electron chi connectivity index (χ2n) is 2.85. The molecule has 0 N–H and O–H groups in total. The van der Waals surface area contributed by atoms with Gasteiger partial charge in [0, 0.05) is 9.88 Å². The van der Waals surface area contributed by atoms with Crippen molar-refractivity contribution in [2.24, 2.45) is 0 Å². The standard InChI is InChI=1S/C9H6BrF3O2S/c10-8-3-1-7(2-4-8)5-6-16(14,15)9(11,12)13/h1-6H/b6-5+. The van der Waals surface area contributed by atoms with Crippen LogP contribution in [-0.2, 0) is 9.84 Å². The van der Waals surface area contributed by atoms with Gasteiger partial charge in [-0.25, -0.2) is 8.42 Å². The van der Waals surface area contributed by atoms with Gasteiger partial charge in [-0.1, -0.05) is 28.1 Å². The molecule has 16 heavy (non-hydrogen) atoms. The third kappa shape index (κ3) is 3.34. The summed E-state index contributed by atoms with van der Waals surface area (Å²) in [5.41, 5.74) is -4.88. The Bertz CT molecular complexity index is 488. The molecule has 0 aliphatic rings. The van der Waals surface area contributed by atoms with E-state index >= 15 is 0 Å². The van der Waals surface area contributed by atoms with Crippen molar-refractivity contribution in [1.82, 2.24) is 0 Å². The summed E-state index contributed by atoms with van der Waals surface area (Å²) in [7, 11) is -5.20. The van der Waals surface area contributed by atoms with Crippen LogP contribution < -0.4 is 0 Å². The van der Waals surface area contributed by atoms with Crippen molar-refractivity contribution in [3.8, 4) is 0 Å². The number of sulfone groups is 1. The highest BCUT2D eigenvalue weighted by molar-refractivity contribution is 9.10. The van der Waals surface area contributed by atoms with Gasteiger partial charge in [-0.2, -0.15) is 13.2 Å². The van der Waals surface area contributed by atoms with Crippen LogP contribution in [0.25, 0.3) is 6.08 Å². The van der Waals surface area contributed by atoms with Gasteiger partial charge in [0.05, 0.1) is 0 Å². The van der Waals surface area contributed by atoms with E-state index in [9.17, 15) is 21.6 Å². The number of hydrogen-bond acceptors (Lipinski definition) is 2.